The van der Waals surface area contributed by atoms with Crippen LogP contribution in [0.25, 0.3) is 0 Å². The van der Waals surface area contributed by atoms with Crippen LogP contribution in [-0.4, -0.2) is 46.0 Å². The first-order chi connectivity index (χ1) is 10.2. The average molecular weight is 283 g/mol. The summed E-state index contributed by atoms with van der Waals surface area (Å²) >= 11 is 0. The van der Waals surface area contributed by atoms with Crippen molar-refractivity contribution in [1.82, 2.24) is 19.9 Å². The Morgan fingerprint density at radius 1 is 1.00 bits per heavy atom. The maximum Gasteiger partial charge on any atom is 0.225 e. The molecule has 5 heteroatoms. The van der Waals surface area contributed by atoms with Gasteiger partial charge >= 0.3 is 0 Å². The lowest BCUT2D eigenvalue weighted by Crippen LogP contribution is -2.46. The highest BCUT2D eigenvalue weighted by atomic mass is 15.3. The largest absolute Gasteiger partial charge is 0.338 e. The number of anilines is 1. The van der Waals surface area contributed by atoms with E-state index in [2.05, 4.69) is 37.7 Å². The quantitative estimate of drug-likeness (QED) is 0.859. The molecule has 0 N–H and O–H groups in total. The van der Waals surface area contributed by atoms with Gasteiger partial charge in [0.05, 0.1) is 0 Å². The van der Waals surface area contributed by atoms with Gasteiger partial charge in [-0.3, -0.25) is 9.88 Å². The Morgan fingerprint density at radius 3 is 2.38 bits per heavy atom. The lowest BCUT2D eigenvalue weighted by molar-refractivity contribution is 0.248. The lowest BCUT2D eigenvalue weighted by atomic mass is 10.2. The van der Waals surface area contributed by atoms with Crippen molar-refractivity contribution >= 4 is 5.95 Å². The summed E-state index contributed by atoms with van der Waals surface area (Å²) in [5.41, 5.74) is 3.55. The zero-order valence-electron chi connectivity index (χ0n) is 12.7. The normalized spacial score (nSPS) is 16.2. The van der Waals surface area contributed by atoms with E-state index in [1.165, 1.54) is 5.56 Å². The molecule has 3 rings (SSSR count). The van der Waals surface area contributed by atoms with Crippen LogP contribution in [0, 0.1) is 13.8 Å². The highest BCUT2D eigenvalue weighted by molar-refractivity contribution is 5.30. The van der Waals surface area contributed by atoms with E-state index < -0.39 is 0 Å². The second kappa shape index (κ2) is 6.18. The predicted molar refractivity (Wildman–Crippen MR) is 83.2 cm³/mol. The third-order valence-electron chi connectivity index (χ3n) is 3.93. The first-order valence-corrected chi connectivity index (χ1v) is 7.39. The molecule has 3 heterocycles. The molecule has 2 aromatic rings. The van der Waals surface area contributed by atoms with E-state index in [-0.39, 0.29) is 0 Å². The van der Waals surface area contributed by atoms with Gasteiger partial charge in [-0.05, 0) is 31.0 Å². The SMILES string of the molecule is Cc1cnc(N2CCN(Cc3cccnc3C)CC2)nc1. The minimum Gasteiger partial charge on any atom is -0.338 e. The van der Waals surface area contributed by atoms with Crippen LogP contribution in [0.5, 0.6) is 0 Å². The molecule has 2 aromatic heterocycles. The highest BCUT2D eigenvalue weighted by Crippen LogP contribution is 2.14. The topological polar surface area (TPSA) is 45.2 Å². The molecule has 1 aliphatic rings. The van der Waals surface area contributed by atoms with Gasteiger partial charge in [0.15, 0.2) is 0 Å². The fourth-order valence-corrected chi connectivity index (χ4v) is 2.58. The summed E-state index contributed by atoms with van der Waals surface area (Å²) in [4.78, 5) is 17.9. The van der Waals surface area contributed by atoms with Gasteiger partial charge in [0.25, 0.3) is 0 Å². The molecule has 0 unspecified atom stereocenters. The molecule has 1 aliphatic heterocycles. The van der Waals surface area contributed by atoms with Crippen molar-refractivity contribution in [3.05, 3.63) is 47.5 Å². The Hall–Kier alpha value is -2.01. The number of rotatable bonds is 3. The van der Waals surface area contributed by atoms with Crippen molar-refractivity contribution in [2.75, 3.05) is 31.1 Å². The number of piperazine rings is 1. The fraction of sp³-hybridized carbons (Fsp3) is 0.438. The first-order valence-electron chi connectivity index (χ1n) is 7.39. The van der Waals surface area contributed by atoms with E-state index in [1.54, 1.807) is 0 Å². The monoisotopic (exact) mass is 283 g/mol. The minimum atomic E-state index is 0.845. The Kier molecular flexibility index (Phi) is 4.10. The number of aryl methyl sites for hydroxylation is 2. The molecule has 0 saturated carbocycles. The molecule has 0 aromatic carbocycles. The Labute approximate surface area is 125 Å². The Bertz CT molecular complexity index is 588. The van der Waals surface area contributed by atoms with Crippen LogP contribution >= 0.6 is 0 Å². The summed E-state index contributed by atoms with van der Waals surface area (Å²) in [7, 11) is 0. The van der Waals surface area contributed by atoms with Gasteiger partial charge in [-0.25, -0.2) is 9.97 Å². The van der Waals surface area contributed by atoms with Crippen molar-refractivity contribution in [1.29, 1.82) is 0 Å². The van der Waals surface area contributed by atoms with Gasteiger partial charge in [0.2, 0.25) is 5.95 Å². The Morgan fingerprint density at radius 2 is 1.71 bits per heavy atom. The number of hydrogen-bond donors (Lipinski definition) is 0. The van der Waals surface area contributed by atoms with Crippen LogP contribution in [0.15, 0.2) is 30.7 Å². The van der Waals surface area contributed by atoms with Crippen LogP contribution in [-0.2, 0) is 6.54 Å². The summed E-state index contributed by atoms with van der Waals surface area (Å²) < 4.78 is 0. The van der Waals surface area contributed by atoms with Crippen molar-refractivity contribution in [2.24, 2.45) is 0 Å². The molecule has 1 fully saturated rings. The van der Waals surface area contributed by atoms with Gasteiger partial charge in [-0.1, -0.05) is 6.07 Å². The molecule has 21 heavy (non-hydrogen) atoms. The first kappa shape index (κ1) is 13.9. The van der Waals surface area contributed by atoms with Crippen LogP contribution in [0.1, 0.15) is 16.8 Å². The van der Waals surface area contributed by atoms with Gasteiger partial charge in [-0.2, -0.15) is 0 Å². The van der Waals surface area contributed by atoms with E-state index in [1.807, 2.05) is 31.6 Å². The third-order valence-corrected chi connectivity index (χ3v) is 3.93. The van der Waals surface area contributed by atoms with Gasteiger partial charge < -0.3 is 4.90 Å². The molecule has 0 bridgehead atoms. The maximum atomic E-state index is 4.41. The lowest BCUT2D eigenvalue weighted by Gasteiger charge is -2.34. The van der Waals surface area contributed by atoms with Crippen molar-refractivity contribution in [2.45, 2.75) is 20.4 Å². The summed E-state index contributed by atoms with van der Waals surface area (Å²) in [6.45, 7) is 9.08. The second-order valence-electron chi connectivity index (χ2n) is 5.57. The predicted octanol–water partition coefficient (Wildman–Crippen LogP) is 1.81. The zero-order valence-corrected chi connectivity index (χ0v) is 12.7. The average Bonchev–Trinajstić information content (AvgIpc) is 2.51. The molecule has 1 saturated heterocycles. The summed E-state index contributed by atoms with van der Waals surface area (Å²) in [6.07, 6.45) is 5.62. The van der Waals surface area contributed by atoms with Crippen molar-refractivity contribution in [3.63, 3.8) is 0 Å². The smallest absolute Gasteiger partial charge is 0.225 e. The van der Waals surface area contributed by atoms with Crippen LogP contribution < -0.4 is 4.90 Å². The van der Waals surface area contributed by atoms with Crippen LogP contribution in [0.2, 0.25) is 0 Å². The molecule has 0 amide bonds. The molecule has 0 atom stereocenters. The summed E-state index contributed by atoms with van der Waals surface area (Å²) in [6, 6.07) is 4.18. The van der Waals surface area contributed by atoms with Crippen LogP contribution in [0.4, 0.5) is 5.95 Å². The minimum absolute atomic E-state index is 0.845. The van der Waals surface area contributed by atoms with E-state index in [0.717, 1.165) is 49.9 Å². The molecule has 110 valence electrons. The third kappa shape index (κ3) is 3.36. The van der Waals surface area contributed by atoms with E-state index in [9.17, 15) is 0 Å². The Balaban J connectivity index is 1.58. The molecule has 5 nitrogen and oxygen atoms in total. The van der Waals surface area contributed by atoms with E-state index >= 15 is 0 Å². The van der Waals surface area contributed by atoms with E-state index in [0.29, 0.717) is 0 Å². The number of aromatic nitrogens is 3. The number of nitrogens with zero attached hydrogens (tertiary/aromatic N) is 5. The van der Waals surface area contributed by atoms with Crippen molar-refractivity contribution < 1.29 is 0 Å². The van der Waals surface area contributed by atoms with Crippen LogP contribution in [0.3, 0.4) is 0 Å². The molecule has 0 aliphatic carbocycles. The highest BCUT2D eigenvalue weighted by Gasteiger charge is 2.19. The zero-order chi connectivity index (χ0) is 14.7. The number of pyridine rings is 1. The fourth-order valence-electron chi connectivity index (χ4n) is 2.58. The van der Waals surface area contributed by atoms with Gasteiger partial charge in [0.1, 0.15) is 0 Å². The summed E-state index contributed by atoms with van der Waals surface area (Å²) in [5.74, 6) is 0.845. The standard InChI is InChI=1S/C16H21N5/c1-13-10-18-16(19-11-13)21-8-6-20(7-9-21)12-15-4-3-5-17-14(15)2/h3-5,10-11H,6-9,12H2,1-2H3. The van der Waals surface area contributed by atoms with E-state index in [4.69, 9.17) is 0 Å². The van der Waals surface area contributed by atoms with Crippen molar-refractivity contribution in [3.8, 4) is 0 Å². The molecule has 0 radical (unpaired) electrons. The second-order valence-corrected chi connectivity index (χ2v) is 5.57. The molecular weight excluding hydrogens is 262 g/mol. The maximum absolute atomic E-state index is 4.41. The van der Waals surface area contributed by atoms with Gasteiger partial charge in [-0.15, -0.1) is 0 Å². The number of hydrogen-bond acceptors (Lipinski definition) is 5. The molecule has 0 spiro atoms. The summed E-state index contributed by atoms with van der Waals surface area (Å²) in [5, 5.41) is 0. The van der Waals surface area contributed by atoms with Gasteiger partial charge in [0, 0.05) is 57.0 Å². The molecular formula is C16H21N5.